The standard InChI is InChI=1S/C15H20FN3O2/c16-12-9-11(4-5-14(12)19(20)21)10-17-13-6-8-18-7-2-1-3-15(13)18/h4-5,9,13,15,17H,1-3,6-8,10H2. The van der Waals surface area contributed by atoms with Crippen molar-refractivity contribution < 1.29 is 9.31 Å². The molecule has 0 radical (unpaired) electrons. The van der Waals surface area contributed by atoms with E-state index in [1.165, 1.54) is 37.9 Å². The molecule has 2 unspecified atom stereocenters. The molecule has 0 aromatic heterocycles. The predicted molar refractivity (Wildman–Crippen MR) is 77.5 cm³/mol. The minimum atomic E-state index is -0.759. The lowest BCUT2D eigenvalue weighted by atomic mass is 9.99. The van der Waals surface area contributed by atoms with Gasteiger partial charge in [0, 0.05) is 31.2 Å². The number of nitro benzene ring substituents is 1. The van der Waals surface area contributed by atoms with Gasteiger partial charge in [0.05, 0.1) is 4.92 Å². The van der Waals surface area contributed by atoms with Crippen LogP contribution in [0.5, 0.6) is 0 Å². The van der Waals surface area contributed by atoms with Gasteiger partial charge in [0.15, 0.2) is 0 Å². The van der Waals surface area contributed by atoms with Crippen molar-refractivity contribution in [2.75, 3.05) is 13.1 Å². The topological polar surface area (TPSA) is 58.4 Å². The van der Waals surface area contributed by atoms with Crippen molar-refractivity contribution in [3.8, 4) is 0 Å². The molecule has 2 atom stereocenters. The molecule has 1 N–H and O–H groups in total. The number of nitro groups is 1. The summed E-state index contributed by atoms with van der Waals surface area (Å²) in [6.07, 6.45) is 4.93. The molecule has 0 aliphatic carbocycles. The fourth-order valence-electron chi connectivity index (χ4n) is 3.54. The molecular formula is C15H20FN3O2. The van der Waals surface area contributed by atoms with Gasteiger partial charge in [0.2, 0.25) is 5.82 Å². The lowest BCUT2D eigenvalue weighted by Crippen LogP contribution is -2.44. The lowest BCUT2D eigenvalue weighted by Gasteiger charge is -2.32. The number of rotatable bonds is 4. The SMILES string of the molecule is O=[N+]([O-])c1ccc(CNC2CCN3CCCCC23)cc1F. The maximum atomic E-state index is 13.6. The lowest BCUT2D eigenvalue weighted by molar-refractivity contribution is -0.387. The number of fused-ring (bicyclic) bond motifs is 1. The van der Waals surface area contributed by atoms with Gasteiger partial charge in [0.25, 0.3) is 0 Å². The van der Waals surface area contributed by atoms with Crippen molar-refractivity contribution in [2.24, 2.45) is 0 Å². The highest BCUT2D eigenvalue weighted by atomic mass is 19.1. The van der Waals surface area contributed by atoms with Crippen LogP contribution < -0.4 is 5.32 Å². The van der Waals surface area contributed by atoms with Crippen LogP contribution in [0.4, 0.5) is 10.1 Å². The first-order valence-electron chi connectivity index (χ1n) is 7.55. The van der Waals surface area contributed by atoms with Crippen molar-refractivity contribution >= 4 is 5.69 Å². The Hall–Kier alpha value is -1.53. The molecule has 2 fully saturated rings. The van der Waals surface area contributed by atoms with Crippen LogP contribution in [-0.2, 0) is 6.54 Å². The molecule has 2 aliphatic heterocycles. The third-order valence-electron chi connectivity index (χ3n) is 4.63. The fraction of sp³-hybridized carbons (Fsp3) is 0.600. The van der Waals surface area contributed by atoms with Gasteiger partial charge in [-0.2, -0.15) is 4.39 Å². The smallest absolute Gasteiger partial charge is 0.304 e. The van der Waals surface area contributed by atoms with Gasteiger partial charge in [-0.3, -0.25) is 15.0 Å². The first-order chi connectivity index (χ1) is 10.1. The van der Waals surface area contributed by atoms with E-state index in [0.717, 1.165) is 18.5 Å². The van der Waals surface area contributed by atoms with Gasteiger partial charge >= 0.3 is 5.69 Å². The summed E-state index contributed by atoms with van der Waals surface area (Å²) in [5, 5.41) is 14.1. The molecule has 0 bridgehead atoms. The number of piperidine rings is 1. The van der Waals surface area contributed by atoms with Crippen molar-refractivity contribution in [3.05, 3.63) is 39.7 Å². The minimum absolute atomic E-state index is 0.448. The van der Waals surface area contributed by atoms with E-state index in [0.29, 0.717) is 18.6 Å². The molecule has 2 saturated heterocycles. The summed E-state index contributed by atoms with van der Waals surface area (Å²) >= 11 is 0. The largest absolute Gasteiger partial charge is 0.308 e. The summed E-state index contributed by atoms with van der Waals surface area (Å²) in [6.45, 7) is 2.88. The van der Waals surface area contributed by atoms with Crippen LogP contribution in [0, 0.1) is 15.9 Å². The fourth-order valence-corrected chi connectivity index (χ4v) is 3.54. The molecule has 21 heavy (non-hydrogen) atoms. The van der Waals surface area contributed by atoms with Gasteiger partial charge in [-0.15, -0.1) is 0 Å². The molecule has 1 aromatic rings. The number of benzene rings is 1. The Kier molecular flexibility index (Phi) is 4.17. The highest BCUT2D eigenvalue weighted by Crippen LogP contribution is 2.27. The van der Waals surface area contributed by atoms with Crippen LogP contribution in [0.1, 0.15) is 31.2 Å². The average molecular weight is 293 g/mol. The quantitative estimate of drug-likeness (QED) is 0.684. The van der Waals surface area contributed by atoms with E-state index >= 15 is 0 Å². The summed E-state index contributed by atoms with van der Waals surface area (Å²) in [5.74, 6) is -0.759. The van der Waals surface area contributed by atoms with E-state index in [2.05, 4.69) is 10.2 Å². The van der Waals surface area contributed by atoms with Crippen molar-refractivity contribution in [2.45, 2.75) is 44.3 Å². The maximum Gasteiger partial charge on any atom is 0.304 e. The highest BCUT2D eigenvalue weighted by molar-refractivity contribution is 5.35. The molecule has 0 spiro atoms. The van der Waals surface area contributed by atoms with Crippen LogP contribution in [-0.4, -0.2) is 35.0 Å². The van der Waals surface area contributed by atoms with Crippen LogP contribution in [0.25, 0.3) is 0 Å². The van der Waals surface area contributed by atoms with Gasteiger partial charge in [-0.25, -0.2) is 0 Å². The van der Waals surface area contributed by atoms with Gasteiger partial charge in [0.1, 0.15) is 0 Å². The van der Waals surface area contributed by atoms with E-state index in [1.807, 2.05) is 0 Å². The van der Waals surface area contributed by atoms with Crippen LogP contribution in [0.3, 0.4) is 0 Å². The Morgan fingerprint density at radius 1 is 1.33 bits per heavy atom. The third kappa shape index (κ3) is 3.06. The molecule has 3 rings (SSSR count). The predicted octanol–water partition coefficient (Wildman–Crippen LogP) is 2.45. The van der Waals surface area contributed by atoms with E-state index in [9.17, 15) is 14.5 Å². The Bertz CT molecular complexity index is 538. The number of halogens is 1. The molecule has 2 heterocycles. The molecule has 114 valence electrons. The summed E-state index contributed by atoms with van der Waals surface area (Å²) in [6, 6.07) is 5.18. The van der Waals surface area contributed by atoms with Crippen molar-refractivity contribution in [1.29, 1.82) is 0 Å². The molecule has 0 amide bonds. The average Bonchev–Trinajstić information content (AvgIpc) is 2.88. The zero-order valence-corrected chi connectivity index (χ0v) is 11.9. The Morgan fingerprint density at radius 3 is 2.95 bits per heavy atom. The second kappa shape index (κ2) is 6.07. The third-order valence-corrected chi connectivity index (χ3v) is 4.63. The van der Waals surface area contributed by atoms with Gasteiger partial charge in [-0.1, -0.05) is 12.5 Å². The molecule has 5 nitrogen and oxygen atoms in total. The minimum Gasteiger partial charge on any atom is -0.308 e. The summed E-state index contributed by atoms with van der Waals surface area (Å²) in [7, 11) is 0. The van der Waals surface area contributed by atoms with Gasteiger partial charge in [-0.05, 0) is 37.4 Å². The van der Waals surface area contributed by atoms with Crippen LogP contribution in [0.2, 0.25) is 0 Å². The second-order valence-electron chi connectivity index (χ2n) is 5.92. The Labute approximate surface area is 123 Å². The zero-order chi connectivity index (χ0) is 14.8. The van der Waals surface area contributed by atoms with Gasteiger partial charge < -0.3 is 5.32 Å². The normalized spacial score (nSPS) is 25.8. The van der Waals surface area contributed by atoms with E-state index in [4.69, 9.17) is 0 Å². The zero-order valence-electron chi connectivity index (χ0n) is 11.9. The van der Waals surface area contributed by atoms with Crippen LogP contribution >= 0.6 is 0 Å². The monoisotopic (exact) mass is 293 g/mol. The number of hydrogen-bond acceptors (Lipinski definition) is 4. The number of nitrogens with one attached hydrogen (secondary N) is 1. The first-order valence-corrected chi connectivity index (χ1v) is 7.55. The Morgan fingerprint density at radius 2 is 2.19 bits per heavy atom. The molecule has 6 heteroatoms. The first kappa shape index (κ1) is 14.4. The van der Waals surface area contributed by atoms with Crippen LogP contribution in [0.15, 0.2) is 18.2 Å². The summed E-state index contributed by atoms with van der Waals surface area (Å²) in [4.78, 5) is 12.5. The molecule has 2 aliphatic rings. The van der Waals surface area contributed by atoms with Crippen molar-refractivity contribution in [1.82, 2.24) is 10.2 Å². The molecular weight excluding hydrogens is 273 g/mol. The highest BCUT2D eigenvalue weighted by Gasteiger charge is 2.34. The summed E-state index contributed by atoms with van der Waals surface area (Å²) < 4.78 is 13.6. The second-order valence-corrected chi connectivity index (χ2v) is 5.92. The van der Waals surface area contributed by atoms with E-state index < -0.39 is 16.4 Å². The maximum absolute atomic E-state index is 13.6. The Balaban J connectivity index is 1.60. The molecule has 1 aromatic carbocycles. The van der Waals surface area contributed by atoms with E-state index in [-0.39, 0.29) is 0 Å². The number of nitrogens with zero attached hydrogens (tertiary/aromatic N) is 2. The summed E-state index contributed by atoms with van der Waals surface area (Å²) in [5.41, 5.74) is 0.297. The van der Waals surface area contributed by atoms with Crippen molar-refractivity contribution in [3.63, 3.8) is 0 Å². The van der Waals surface area contributed by atoms with E-state index in [1.54, 1.807) is 6.07 Å². The number of hydrogen-bond donors (Lipinski definition) is 1. The molecule has 0 saturated carbocycles.